The molecule has 3 unspecified atom stereocenters. The quantitative estimate of drug-likeness (QED) is 0.758. The molecule has 0 aliphatic carbocycles. The zero-order valence-corrected chi connectivity index (χ0v) is 10.0. The van der Waals surface area contributed by atoms with Crippen molar-refractivity contribution in [1.29, 1.82) is 0 Å². The molecule has 3 heteroatoms. The molecule has 1 N–H and O–H groups in total. The molecule has 0 bridgehead atoms. The van der Waals surface area contributed by atoms with Gasteiger partial charge in [-0.1, -0.05) is 0 Å². The molecule has 3 nitrogen and oxygen atoms in total. The molecule has 0 aromatic carbocycles. The highest BCUT2D eigenvalue weighted by atomic mass is 16.5. The highest BCUT2D eigenvalue weighted by Gasteiger charge is 2.32. The van der Waals surface area contributed by atoms with Gasteiger partial charge in [-0.15, -0.1) is 0 Å². The molecule has 3 atom stereocenters. The Labute approximate surface area is 93.2 Å². The number of ether oxygens (including phenoxy) is 1. The third kappa shape index (κ3) is 2.71. The van der Waals surface area contributed by atoms with Crippen LogP contribution in [0.3, 0.4) is 0 Å². The Hall–Kier alpha value is -0.120. The summed E-state index contributed by atoms with van der Waals surface area (Å²) >= 11 is 0. The number of hydrogen-bond acceptors (Lipinski definition) is 3. The van der Waals surface area contributed by atoms with Gasteiger partial charge in [-0.25, -0.2) is 0 Å². The summed E-state index contributed by atoms with van der Waals surface area (Å²) in [4.78, 5) is 2.59. The molecule has 2 aliphatic heterocycles. The van der Waals surface area contributed by atoms with E-state index < -0.39 is 0 Å². The summed E-state index contributed by atoms with van der Waals surface area (Å²) in [5, 5.41) is 3.65. The molecule has 2 saturated heterocycles. The lowest BCUT2D eigenvalue weighted by molar-refractivity contribution is 0.0457. The predicted octanol–water partition coefficient (Wildman–Crippen LogP) is 1.10. The summed E-state index contributed by atoms with van der Waals surface area (Å²) in [7, 11) is 1.80. The Bertz CT molecular complexity index is 198. The van der Waals surface area contributed by atoms with Gasteiger partial charge in [-0.3, -0.25) is 4.90 Å². The van der Waals surface area contributed by atoms with E-state index in [0.717, 1.165) is 18.6 Å². The molecular formula is C12H24N2O. The molecule has 0 aromatic heterocycles. The summed E-state index contributed by atoms with van der Waals surface area (Å²) in [6, 6.07) is 1.38. The van der Waals surface area contributed by atoms with Crippen LogP contribution in [0.2, 0.25) is 0 Å². The molecule has 15 heavy (non-hydrogen) atoms. The first-order valence-electron chi connectivity index (χ1n) is 6.27. The van der Waals surface area contributed by atoms with Crippen molar-refractivity contribution in [3.05, 3.63) is 0 Å². The van der Waals surface area contributed by atoms with Crippen LogP contribution < -0.4 is 5.32 Å². The van der Waals surface area contributed by atoms with Gasteiger partial charge in [0.2, 0.25) is 0 Å². The number of fused-ring (bicyclic) bond motifs is 1. The molecule has 2 heterocycles. The Balaban J connectivity index is 1.85. The van der Waals surface area contributed by atoms with E-state index in [9.17, 15) is 0 Å². The summed E-state index contributed by atoms with van der Waals surface area (Å²) in [5.41, 5.74) is 0. The third-order valence-electron chi connectivity index (χ3n) is 3.95. The van der Waals surface area contributed by atoms with Gasteiger partial charge in [0.25, 0.3) is 0 Å². The normalized spacial score (nSPS) is 34.8. The number of nitrogens with one attached hydrogen (secondary N) is 1. The van der Waals surface area contributed by atoms with Gasteiger partial charge in [0, 0.05) is 32.3 Å². The molecule has 0 aromatic rings. The van der Waals surface area contributed by atoms with E-state index in [2.05, 4.69) is 17.1 Å². The zero-order chi connectivity index (χ0) is 10.7. The van der Waals surface area contributed by atoms with E-state index >= 15 is 0 Å². The van der Waals surface area contributed by atoms with E-state index in [0.29, 0.717) is 6.04 Å². The summed E-state index contributed by atoms with van der Waals surface area (Å²) < 4.78 is 5.24. The highest BCUT2D eigenvalue weighted by Crippen LogP contribution is 2.25. The van der Waals surface area contributed by atoms with Gasteiger partial charge in [0.05, 0.1) is 6.61 Å². The number of likely N-dealkylation sites (tertiary alicyclic amines) is 1. The fourth-order valence-electron chi connectivity index (χ4n) is 3.02. The van der Waals surface area contributed by atoms with Crippen LogP contribution in [0, 0.1) is 5.92 Å². The number of methoxy groups -OCH3 is 1. The Morgan fingerprint density at radius 1 is 1.47 bits per heavy atom. The van der Waals surface area contributed by atoms with E-state index in [4.69, 9.17) is 4.74 Å². The van der Waals surface area contributed by atoms with Crippen LogP contribution in [-0.2, 0) is 4.74 Å². The Morgan fingerprint density at radius 3 is 3.13 bits per heavy atom. The largest absolute Gasteiger partial charge is 0.383 e. The van der Waals surface area contributed by atoms with Crippen molar-refractivity contribution in [2.75, 3.05) is 33.4 Å². The molecule has 2 aliphatic rings. The molecule has 2 fully saturated rings. The summed E-state index contributed by atoms with van der Waals surface area (Å²) in [5.74, 6) is 0.881. The predicted molar refractivity (Wildman–Crippen MR) is 62.0 cm³/mol. The van der Waals surface area contributed by atoms with Crippen LogP contribution in [-0.4, -0.2) is 50.3 Å². The first-order valence-corrected chi connectivity index (χ1v) is 6.27. The number of piperidine rings is 2. The van der Waals surface area contributed by atoms with Crippen molar-refractivity contribution in [3.63, 3.8) is 0 Å². The van der Waals surface area contributed by atoms with Gasteiger partial charge in [-0.2, -0.15) is 0 Å². The summed E-state index contributed by atoms with van der Waals surface area (Å²) in [6.07, 6.45) is 4.08. The van der Waals surface area contributed by atoms with Gasteiger partial charge >= 0.3 is 0 Å². The van der Waals surface area contributed by atoms with Crippen molar-refractivity contribution in [1.82, 2.24) is 10.2 Å². The molecule has 0 spiro atoms. The number of rotatable bonds is 3. The first kappa shape index (κ1) is 11.4. The minimum Gasteiger partial charge on any atom is -0.383 e. The third-order valence-corrected chi connectivity index (χ3v) is 3.95. The van der Waals surface area contributed by atoms with Crippen LogP contribution in [0.5, 0.6) is 0 Å². The molecule has 0 radical (unpaired) electrons. The minimum absolute atomic E-state index is 0.581. The van der Waals surface area contributed by atoms with Gasteiger partial charge in [0.15, 0.2) is 0 Å². The average molecular weight is 212 g/mol. The number of hydrogen-bond donors (Lipinski definition) is 1. The molecule has 88 valence electrons. The monoisotopic (exact) mass is 212 g/mol. The van der Waals surface area contributed by atoms with Crippen molar-refractivity contribution in [3.8, 4) is 0 Å². The van der Waals surface area contributed by atoms with Crippen LogP contribution in [0.15, 0.2) is 0 Å². The van der Waals surface area contributed by atoms with Crippen LogP contribution in [0.1, 0.15) is 26.2 Å². The second-order valence-electron chi connectivity index (χ2n) is 5.05. The van der Waals surface area contributed by atoms with E-state index in [1.807, 2.05) is 0 Å². The zero-order valence-electron chi connectivity index (χ0n) is 10.0. The standard InChI is InChI=1S/C12H24N2O/c1-10(9-15-2)14-7-5-12-11(8-14)4-3-6-13-12/h10-13H,3-9H2,1-2H3. The van der Waals surface area contributed by atoms with Gasteiger partial charge in [-0.05, 0) is 38.6 Å². The van der Waals surface area contributed by atoms with Crippen molar-refractivity contribution in [2.24, 2.45) is 5.92 Å². The molecule has 0 saturated carbocycles. The Kier molecular flexibility index (Phi) is 4.00. The topological polar surface area (TPSA) is 24.5 Å². The fourth-order valence-corrected chi connectivity index (χ4v) is 3.02. The average Bonchev–Trinajstić information content (AvgIpc) is 2.29. The maximum absolute atomic E-state index is 5.24. The Morgan fingerprint density at radius 2 is 2.33 bits per heavy atom. The van der Waals surface area contributed by atoms with Crippen LogP contribution >= 0.6 is 0 Å². The lowest BCUT2D eigenvalue weighted by Gasteiger charge is -2.43. The minimum atomic E-state index is 0.581. The molecular weight excluding hydrogens is 188 g/mol. The smallest absolute Gasteiger partial charge is 0.0615 e. The van der Waals surface area contributed by atoms with Crippen molar-refractivity contribution < 1.29 is 4.74 Å². The second kappa shape index (κ2) is 5.28. The van der Waals surface area contributed by atoms with Gasteiger partial charge in [0.1, 0.15) is 0 Å². The van der Waals surface area contributed by atoms with Gasteiger partial charge < -0.3 is 10.1 Å². The van der Waals surface area contributed by atoms with Crippen molar-refractivity contribution >= 4 is 0 Å². The molecule has 0 amide bonds. The van der Waals surface area contributed by atoms with Crippen molar-refractivity contribution in [2.45, 2.75) is 38.3 Å². The highest BCUT2D eigenvalue weighted by molar-refractivity contribution is 4.89. The number of nitrogens with zero attached hydrogens (tertiary/aromatic N) is 1. The van der Waals surface area contributed by atoms with E-state index in [-0.39, 0.29) is 0 Å². The van der Waals surface area contributed by atoms with Crippen LogP contribution in [0.25, 0.3) is 0 Å². The second-order valence-corrected chi connectivity index (χ2v) is 5.05. The maximum Gasteiger partial charge on any atom is 0.0615 e. The first-order chi connectivity index (χ1) is 7.31. The van der Waals surface area contributed by atoms with E-state index in [1.54, 1.807) is 7.11 Å². The maximum atomic E-state index is 5.24. The lowest BCUT2D eigenvalue weighted by Crippen LogP contribution is -2.54. The van der Waals surface area contributed by atoms with E-state index in [1.165, 1.54) is 38.9 Å². The SMILES string of the molecule is COCC(C)N1CCC2NCCCC2C1. The summed E-state index contributed by atoms with van der Waals surface area (Å²) in [6.45, 7) is 6.88. The molecule has 2 rings (SSSR count). The lowest BCUT2D eigenvalue weighted by atomic mass is 9.85. The fraction of sp³-hybridized carbons (Fsp3) is 1.00. The van der Waals surface area contributed by atoms with Crippen LogP contribution in [0.4, 0.5) is 0 Å².